The zero-order chi connectivity index (χ0) is 24.1. The second kappa shape index (κ2) is 10.1. The van der Waals surface area contributed by atoms with Gasteiger partial charge in [-0.15, -0.1) is 0 Å². The smallest absolute Gasteiger partial charge is 0.263 e. The SMILES string of the molecule is CC(C)[C@H](N=C1NS(=O)(=O)c2ccccc21)C(=O)NCc1cccc(COc2ccccc2)c1. The molecule has 0 aliphatic carbocycles. The lowest BCUT2D eigenvalue weighted by Crippen LogP contribution is -2.38. The Morgan fingerprint density at radius 1 is 0.971 bits per heavy atom. The molecule has 0 aromatic heterocycles. The first kappa shape index (κ1) is 23.5. The highest BCUT2D eigenvalue weighted by Gasteiger charge is 2.32. The molecule has 1 atom stereocenters. The average molecular weight is 478 g/mol. The maximum atomic E-state index is 13.0. The highest BCUT2D eigenvalue weighted by Crippen LogP contribution is 2.23. The van der Waals surface area contributed by atoms with E-state index >= 15 is 0 Å². The Hall–Kier alpha value is -3.65. The molecule has 0 unspecified atom stereocenters. The molecule has 1 aliphatic heterocycles. The lowest BCUT2D eigenvalue weighted by atomic mass is 10.0. The summed E-state index contributed by atoms with van der Waals surface area (Å²) >= 11 is 0. The Morgan fingerprint density at radius 2 is 1.68 bits per heavy atom. The predicted molar refractivity (Wildman–Crippen MR) is 131 cm³/mol. The molecule has 7 nitrogen and oxygen atoms in total. The first-order valence-electron chi connectivity index (χ1n) is 11.1. The minimum atomic E-state index is -3.66. The number of benzene rings is 3. The van der Waals surface area contributed by atoms with Crippen LogP contribution in [-0.2, 0) is 28.0 Å². The Morgan fingerprint density at radius 3 is 2.44 bits per heavy atom. The van der Waals surface area contributed by atoms with Gasteiger partial charge in [0.05, 0.1) is 4.90 Å². The van der Waals surface area contributed by atoms with E-state index in [0.717, 1.165) is 16.9 Å². The van der Waals surface area contributed by atoms with Crippen molar-refractivity contribution in [3.05, 3.63) is 95.6 Å². The van der Waals surface area contributed by atoms with Gasteiger partial charge >= 0.3 is 0 Å². The van der Waals surface area contributed by atoms with E-state index in [1.54, 1.807) is 18.2 Å². The van der Waals surface area contributed by atoms with Gasteiger partial charge in [-0.2, -0.15) is 0 Å². The normalized spacial score (nSPS) is 16.0. The number of carbonyl (C=O) groups excluding carboxylic acids is 1. The van der Waals surface area contributed by atoms with E-state index in [2.05, 4.69) is 15.0 Å². The number of nitrogens with zero attached hydrogens (tertiary/aromatic N) is 1. The van der Waals surface area contributed by atoms with Crippen LogP contribution in [0.1, 0.15) is 30.5 Å². The van der Waals surface area contributed by atoms with Gasteiger partial charge in [-0.25, -0.2) is 8.42 Å². The van der Waals surface area contributed by atoms with Crippen molar-refractivity contribution in [1.29, 1.82) is 0 Å². The van der Waals surface area contributed by atoms with E-state index in [-0.39, 0.29) is 22.6 Å². The fourth-order valence-electron chi connectivity index (χ4n) is 3.69. The molecular weight excluding hydrogens is 450 g/mol. The van der Waals surface area contributed by atoms with Crippen molar-refractivity contribution in [2.75, 3.05) is 0 Å². The monoisotopic (exact) mass is 477 g/mol. The predicted octanol–water partition coefficient (Wildman–Crippen LogP) is 3.65. The summed E-state index contributed by atoms with van der Waals surface area (Å²) in [7, 11) is -3.66. The van der Waals surface area contributed by atoms with E-state index in [9.17, 15) is 13.2 Å². The molecule has 0 radical (unpaired) electrons. The molecule has 34 heavy (non-hydrogen) atoms. The number of para-hydroxylation sites is 1. The van der Waals surface area contributed by atoms with Crippen LogP contribution in [-0.4, -0.2) is 26.2 Å². The van der Waals surface area contributed by atoms with Crippen LogP contribution < -0.4 is 14.8 Å². The third-order valence-corrected chi connectivity index (χ3v) is 6.83. The van der Waals surface area contributed by atoms with Crippen LogP contribution in [0.4, 0.5) is 0 Å². The molecular formula is C26H27N3O4S. The summed E-state index contributed by atoms with van der Waals surface area (Å²) in [5.41, 5.74) is 2.41. The lowest BCUT2D eigenvalue weighted by molar-refractivity contribution is -0.123. The third-order valence-electron chi connectivity index (χ3n) is 5.44. The molecule has 1 heterocycles. The van der Waals surface area contributed by atoms with Gasteiger partial charge in [0.1, 0.15) is 24.2 Å². The molecule has 0 fully saturated rings. The Bertz CT molecular complexity index is 1300. The number of nitrogens with one attached hydrogen (secondary N) is 2. The minimum absolute atomic E-state index is 0.129. The summed E-state index contributed by atoms with van der Waals surface area (Å²) in [6, 6.07) is 23.3. The Kier molecular flexibility index (Phi) is 6.98. The van der Waals surface area contributed by atoms with Crippen molar-refractivity contribution >= 4 is 21.8 Å². The molecule has 2 N–H and O–H groups in total. The first-order chi connectivity index (χ1) is 16.3. The average Bonchev–Trinajstić information content (AvgIpc) is 3.10. The number of sulfonamides is 1. The van der Waals surface area contributed by atoms with Crippen LogP contribution in [0.5, 0.6) is 5.75 Å². The van der Waals surface area contributed by atoms with Crippen molar-refractivity contribution in [2.45, 2.75) is 37.9 Å². The zero-order valence-electron chi connectivity index (χ0n) is 19.1. The number of hydrogen-bond donors (Lipinski definition) is 2. The van der Waals surface area contributed by atoms with Gasteiger partial charge < -0.3 is 10.1 Å². The molecule has 0 saturated heterocycles. The van der Waals surface area contributed by atoms with Crippen LogP contribution in [0.15, 0.2) is 88.8 Å². The summed E-state index contributed by atoms with van der Waals surface area (Å²) < 4.78 is 33.0. The number of amidine groups is 1. The quantitative estimate of drug-likeness (QED) is 0.518. The maximum absolute atomic E-state index is 13.0. The zero-order valence-corrected chi connectivity index (χ0v) is 19.9. The number of carbonyl (C=O) groups is 1. The molecule has 0 bridgehead atoms. The van der Waals surface area contributed by atoms with Crippen molar-refractivity contribution in [3.63, 3.8) is 0 Å². The number of amides is 1. The van der Waals surface area contributed by atoms with E-state index in [1.165, 1.54) is 6.07 Å². The van der Waals surface area contributed by atoms with Gasteiger partial charge in [-0.05, 0) is 41.3 Å². The summed E-state index contributed by atoms with van der Waals surface area (Å²) in [5, 5.41) is 2.94. The number of fused-ring (bicyclic) bond motifs is 1. The Labute approximate surface area is 199 Å². The summed E-state index contributed by atoms with van der Waals surface area (Å²) in [6.45, 7) is 4.51. The molecule has 1 amide bonds. The van der Waals surface area contributed by atoms with Gasteiger partial charge in [-0.3, -0.25) is 14.5 Å². The van der Waals surface area contributed by atoms with Gasteiger partial charge in [0.25, 0.3) is 10.0 Å². The lowest BCUT2D eigenvalue weighted by Gasteiger charge is -2.17. The first-order valence-corrected chi connectivity index (χ1v) is 12.6. The molecule has 0 spiro atoms. The molecule has 4 rings (SSSR count). The topological polar surface area (TPSA) is 96.9 Å². The van der Waals surface area contributed by atoms with Crippen molar-refractivity contribution in [1.82, 2.24) is 10.0 Å². The van der Waals surface area contributed by atoms with E-state index in [1.807, 2.05) is 68.4 Å². The molecule has 8 heteroatoms. The molecule has 3 aromatic carbocycles. The van der Waals surface area contributed by atoms with Gasteiger partial charge in [0, 0.05) is 12.1 Å². The van der Waals surface area contributed by atoms with Gasteiger partial charge in [0.15, 0.2) is 0 Å². The highest BCUT2D eigenvalue weighted by atomic mass is 32.2. The maximum Gasteiger partial charge on any atom is 0.263 e. The highest BCUT2D eigenvalue weighted by molar-refractivity contribution is 7.90. The van der Waals surface area contributed by atoms with Crippen molar-refractivity contribution in [2.24, 2.45) is 10.9 Å². The number of rotatable bonds is 8. The standard InChI is InChI=1S/C26H27N3O4S/c1-18(2)24(28-25-22-13-6-7-14-23(22)34(31,32)29-25)26(30)27-16-19-9-8-10-20(15-19)17-33-21-11-4-3-5-12-21/h3-15,18,24H,16-17H2,1-2H3,(H,27,30)(H,28,29)/t24-/m0/s1. The number of aliphatic imine (C=N–C) groups is 1. The van der Waals surface area contributed by atoms with E-state index in [4.69, 9.17) is 4.74 Å². The third kappa shape index (κ3) is 5.46. The Balaban J connectivity index is 1.43. The number of ether oxygens (including phenoxy) is 1. The molecule has 0 saturated carbocycles. The van der Waals surface area contributed by atoms with Crippen LogP contribution in [0.25, 0.3) is 0 Å². The second-order valence-corrected chi connectivity index (χ2v) is 10.1. The molecule has 176 valence electrons. The molecule has 1 aliphatic rings. The summed E-state index contributed by atoms with van der Waals surface area (Å²) in [4.78, 5) is 17.7. The van der Waals surface area contributed by atoms with E-state index < -0.39 is 16.1 Å². The fraction of sp³-hybridized carbons (Fsp3) is 0.231. The fourth-order valence-corrected chi connectivity index (χ4v) is 4.92. The van der Waals surface area contributed by atoms with Crippen molar-refractivity contribution < 1.29 is 17.9 Å². The molecule has 3 aromatic rings. The van der Waals surface area contributed by atoms with Gasteiger partial charge in [0.2, 0.25) is 5.91 Å². The van der Waals surface area contributed by atoms with E-state index in [0.29, 0.717) is 18.7 Å². The van der Waals surface area contributed by atoms with Crippen molar-refractivity contribution in [3.8, 4) is 5.75 Å². The summed E-state index contributed by atoms with van der Waals surface area (Å²) in [6.07, 6.45) is 0. The van der Waals surface area contributed by atoms with Crippen LogP contribution in [0, 0.1) is 5.92 Å². The number of hydrogen-bond acceptors (Lipinski definition) is 5. The summed E-state index contributed by atoms with van der Waals surface area (Å²) in [5.74, 6) is 0.598. The largest absolute Gasteiger partial charge is 0.489 e. The van der Waals surface area contributed by atoms with Gasteiger partial charge in [-0.1, -0.05) is 68.4 Å². The van der Waals surface area contributed by atoms with Crippen LogP contribution in [0.3, 0.4) is 0 Å². The van der Waals surface area contributed by atoms with Crippen LogP contribution >= 0.6 is 0 Å². The second-order valence-electron chi connectivity index (χ2n) is 8.41. The van der Waals surface area contributed by atoms with Crippen LogP contribution in [0.2, 0.25) is 0 Å². The minimum Gasteiger partial charge on any atom is -0.489 e.